The molecule has 0 aromatic heterocycles. The molecular formula is C16H18N2O2. The number of benzene rings is 1. The van der Waals surface area contributed by atoms with E-state index in [2.05, 4.69) is 11.2 Å². The maximum atomic E-state index is 12.8. The molecule has 0 bridgehead atoms. The molecule has 4 heteroatoms. The molecule has 1 aromatic carbocycles. The molecule has 0 saturated carbocycles. The molecule has 4 nitrogen and oxygen atoms in total. The highest BCUT2D eigenvalue weighted by atomic mass is 16.2. The van der Waals surface area contributed by atoms with Crippen molar-refractivity contribution in [1.82, 2.24) is 10.2 Å². The van der Waals surface area contributed by atoms with Crippen molar-refractivity contribution in [2.45, 2.75) is 31.8 Å². The van der Waals surface area contributed by atoms with Crippen molar-refractivity contribution in [2.24, 2.45) is 0 Å². The third kappa shape index (κ3) is 2.39. The summed E-state index contributed by atoms with van der Waals surface area (Å²) in [4.78, 5) is 26.3. The van der Waals surface area contributed by atoms with Crippen molar-refractivity contribution in [1.29, 1.82) is 0 Å². The van der Waals surface area contributed by atoms with E-state index < -0.39 is 5.54 Å². The smallest absolute Gasteiger partial charge is 0.253 e. The topological polar surface area (TPSA) is 49.4 Å². The van der Waals surface area contributed by atoms with E-state index in [1.54, 1.807) is 11.8 Å². The third-order valence-corrected chi connectivity index (χ3v) is 3.69. The van der Waals surface area contributed by atoms with Crippen LogP contribution >= 0.6 is 0 Å². The van der Waals surface area contributed by atoms with Crippen LogP contribution in [0.25, 0.3) is 0 Å². The van der Waals surface area contributed by atoms with E-state index in [1.165, 1.54) is 0 Å². The number of carbonyl (C=O) groups is 2. The van der Waals surface area contributed by atoms with Crippen molar-refractivity contribution >= 4 is 11.8 Å². The number of amides is 2. The first kappa shape index (κ1) is 14.1. The van der Waals surface area contributed by atoms with E-state index >= 15 is 0 Å². The second-order valence-corrected chi connectivity index (χ2v) is 5.23. The number of nitrogens with one attached hydrogen (secondary N) is 1. The van der Waals surface area contributed by atoms with Gasteiger partial charge in [0.1, 0.15) is 5.54 Å². The highest BCUT2D eigenvalue weighted by Crippen LogP contribution is 2.27. The van der Waals surface area contributed by atoms with Crippen LogP contribution in [0.5, 0.6) is 0 Å². The Morgan fingerprint density at radius 1 is 1.40 bits per heavy atom. The lowest BCUT2D eigenvalue weighted by Gasteiger charge is -2.42. The summed E-state index contributed by atoms with van der Waals surface area (Å²) in [6.45, 7) is 3.66. The zero-order chi connectivity index (χ0) is 14.8. The average Bonchev–Trinajstić information content (AvgIpc) is 2.44. The van der Waals surface area contributed by atoms with Gasteiger partial charge in [0.25, 0.3) is 5.91 Å². The summed E-state index contributed by atoms with van der Waals surface area (Å²) in [5.41, 5.74) is -0.254. The van der Waals surface area contributed by atoms with E-state index in [4.69, 9.17) is 6.42 Å². The fourth-order valence-electron chi connectivity index (χ4n) is 2.49. The van der Waals surface area contributed by atoms with Gasteiger partial charge in [-0.25, -0.2) is 0 Å². The van der Waals surface area contributed by atoms with Crippen LogP contribution in [0.4, 0.5) is 0 Å². The molecule has 1 fully saturated rings. The number of hydrogen-bond acceptors (Lipinski definition) is 2. The van der Waals surface area contributed by atoms with Crippen molar-refractivity contribution in [3.8, 4) is 12.3 Å². The maximum absolute atomic E-state index is 12.8. The summed E-state index contributed by atoms with van der Waals surface area (Å²) >= 11 is 0. The monoisotopic (exact) mass is 270 g/mol. The Kier molecular flexibility index (Phi) is 3.80. The number of piperazine rings is 1. The Bertz CT molecular complexity index is 562. The summed E-state index contributed by atoms with van der Waals surface area (Å²) in [5.74, 6) is 2.26. The van der Waals surface area contributed by atoms with E-state index in [-0.39, 0.29) is 24.4 Å². The lowest BCUT2D eigenvalue weighted by molar-refractivity contribution is -0.151. The number of rotatable bonds is 3. The quantitative estimate of drug-likeness (QED) is 0.841. The molecule has 0 aliphatic carbocycles. The molecule has 1 saturated heterocycles. The lowest BCUT2D eigenvalue weighted by atomic mass is 9.88. The number of carbonyl (C=O) groups excluding carboxylic acids is 2. The van der Waals surface area contributed by atoms with Crippen LogP contribution in [-0.2, 0) is 15.1 Å². The first-order valence-corrected chi connectivity index (χ1v) is 6.60. The summed E-state index contributed by atoms with van der Waals surface area (Å²) < 4.78 is 0. The summed E-state index contributed by atoms with van der Waals surface area (Å²) in [5, 5.41) is 2.80. The van der Waals surface area contributed by atoms with E-state index in [9.17, 15) is 9.59 Å². The minimum absolute atomic E-state index is 0.0596. The summed E-state index contributed by atoms with van der Waals surface area (Å²) in [6, 6.07) is 9.11. The van der Waals surface area contributed by atoms with Crippen LogP contribution in [0, 0.1) is 12.3 Å². The van der Waals surface area contributed by atoms with Crippen LogP contribution in [-0.4, -0.2) is 29.3 Å². The van der Waals surface area contributed by atoms with Gasteiger partial charge in [-0.3, -0.25) is 9.59 Å². The Morgan fingerprint density at radius 3 is 2.65 bits per heavy atom. The van der Waals surface area contributed by atoms with Crippen molar-refractivity contribution in [3.63, 3.8) is 0 Å². The molecule has 1 aromatic rings. The fraction of sp³-hybridized carbons (Fsp3) is 0.375. The van der Waals surface area contributed by atoms with Gasteiger partial charge in [0, 0.05) is 12.5 Å². The van der Waals surface area contributed by atoms with Gasteiger partial charge in [0.2, 0.25) is 5.91 Å². The number of hydrogen-bond donors (Lipinski definition) is 1. The number of nitrogens with zero attached hydrogens (tertiary/aromatic N) is 1. The van der Waals surface area contributed by atoms with E-state index in [1.807, 2.05) is 37.3 Å². The Labute approximate surface area is 119 Å². The molecule has 2 atom stereocenters. The minimum Gasteiger partial charge on any atom is -0.337 e. The molecule has 20 heavy (non-hydrogen) atoms. The average molecular weight is 270 g/mol. The standard InChI is InChI=1S/C16H18N2O2/c1-4-8-12(2)18-11-14(19)17-16(3,15(18)20)13-9-6-5-7-10-13/h1,5-7,9-10,12H,8,11H2,2-3H3,(H,17,19). The molecule has 1 aliphatic rings. The van der Waals surface area contributed by atoms with Gasteiger partial charge in [-0.15, -0.1) is 12.3 Å². The first-order valence-electron chi connectivity index (χ1n) is 6.60. The van der Waals surface area contributed by atoms with Gasteiger partial charge >= 0.3 is 0 Å². The lowest BCUT2D eigenvalue weighted by Crippen LogP contribution is -2.64. The predicted octanol–water partition coefficient (Wildman–Crippen LogP) is 1.27. The highest BCUT2D eigenvalue weighted by Gasteiger charge is 2.45. The Morgan fingerprint density at radius 2 is 2.05 bits per heavy atom. The second-order valence-electron chi connectivity index (χ2n) is 5.23. The zero-order valence-electron chi connectivity index (χ0n) is 11.7. The van der Waals surface area contributed by atoms with Crippen LogP contribution in [0.3, 0.4) is 0 Å². The van der Waals surface area contributed by atoms with Crippen molar-refractivity contribution in [2.75, 3.05) is 6.54 Å². The van der Waals surface area contributed by atoms with Crippen molar-refractivity contribution in [3.05, 3.63) is 35.9 Å². The first-order chi connectivity index (χ1) is 9.49. The molecular weight excluding hydrogens is 252 g/mol. The largest absolute Gasteiger partial charge is 0.337 e. The third-order valence-electron chi connectivity index (χ3n) is 3.69. The van der Waals surface area contributed by atoms with Crippen molar-refractivity contribution < 1.29 is 9.59 Å². The van der Waals surface area contributed by atoms with Gasteiger partial charge in [-0.1, -0.05) is 30.3 Å². The molecule has 2 amide bonds. The molecule has 0 spiro atoms. The second kappa shape index (κ2) is 5.38. The molecule has 1 heterocycles. The summed E-state index contributed by atoms with van der Waals surface area (Å²) in [6.07, 6.45) is 5.74. The number of terminal acetylenes is 1. The van der Waals surface area contributed by atoms with Crippen LogP contribution in [0.1, 0.15) is 25.8 Å². The van der Waals surface area contributed by atoms with Gasteiger partial charge in [-0.05, 0) is 19.4 Å². The molecule has 1 N–H and O–H groups in total. The van der Waals surface area contributed by atoms with E-state index in [0.29, 0.717) is 6.42 Å². The van der Waals surface area contributed by atoms with Gasteiger partial charge < -0.3 is 10.2 Å². The SMILES string of the molecule is C#CCC(C)N1CC(=O)NC(C)(c2ccccc2)C1=O. The molecule has 104 valence electrons. The van der Waals surface area contributed by atoms with E-state index in [0.717, 1.165) is 5.56 Å². The predicted molar refractivity (Wildman–Crippen MR) is 76.6 cm³/mol. The van der Waals surface area contributed by atoms with Crippen LogP contribution in [0.15, 0.2) is 30.3 Å². The molecule has 0 radical (unpaired) electrons. The van der Waals surface area contributed by atoms with Gasteiger partial charge in [-0.2, -0.15) is 0 Å². The van der Waals surface area contributed by atoms with Gasteiger partial charge in [0.05, 0.1) is 6.54 Å². The fourth-order valence-corrected chi connectivity index (χ4v) is 2.49. The Hall–Kier alpha value is -2.28. The van der Waals surface area contributed by atoms with Crippen LogP contribution in [0.2, 0.25) is 0 Å². The maximum Gasteiger partial charge on any atom is 0.253 e. The molecule has 2 rings (SSSR count). The summed E-state index contributed by atoms with van der Waals surface area (Å²) in [7, 11) is 0. The molecule has 1 aliphatic heterocycles. The normalized spacial score (nSPS) is 23.9. The highest BCUT2D eigenvalue weighted by molar-refractivity contribution is 5.98. The van der Waals surface area contributed by atoms with Gasteiger partial charge in [0.15, 0.2) is 0 Å². The Balaban J connectivity index is 2.37. The zero-order valence-corrected chi connectivity index (χ0v) is 11.7. The minimum atomic E-state index is -1.03. The van der Waals surface area contributed by atoms with Crippen LogP contribution < -0.4 is 5.32 Å². The molecule has 2 unspecified atom stereocenters.